The Morgan fingerprint density at radius 1 is 0.305 bits per heavy atom. The van der Waals surface area contributed by atoms with Crippen LogP contribution in [0, 0.1) is 0 Å². The van der Waals surface area contributed by atoms with Crippen molar-refractivity contribution in [2.75, 3.05) is 0 Å². The molecule has 0 radical (unpaired) electrons. The van der Waals surface area contributed by atoms with Crippen LogP contribution in [0.25, 0.3) is 115 Å². The summed E-state index contributed by atoms with van der Waals surface area (Å²) < 4.78 is 2.41. The summed E-state index contributed by atoms with van der Waals surface area (Å²) >= 11 is 0. The van der Waals surface area contributed by atoms with E-state index in [1.54, 1.807) is 0 Å². The third kappa shape index (κ3) is 5.51. The topological polar surface area (TPSA) is 30.7 Å². The van der Waals surface area contributed by atoms with E-state index in [0.717, 1.165) is 38.6 Å². The van der Waals surface area contributed by atoms with E-state index in [9.17, 15) is 0 Å². The average molecular weight is 750 g/mol. The summed E-state index contributed by atoms with van der Waals surface area (Å²) in [5.41, 5.74) is 14.5. The van der Waals surface area contributed by atoms with Crippen molar-refractivity contribution < 1.29 is 0 Å². The van der Waals surface area contributed by atoms with Crippen molar-refractivity contribution in [3.05, 3.63) is 212 Å². The smallest absolute Gasteiger partial charge is 0.0979 e. The molecule has 0 unspecified atom stereocenters. The van der Waals surface area contributed by atoms with Crippen LogP contribution in [0.3, 0.4) is 0 Å². The van der Waals surface area contributed by atoms with Crippen LogP contribution in [0.2, 0.25) is 0 Å². The molecule has 0 aliphatic carbocycles. The largest absolute Gasteiger partial charge is 0.309 e. The van der Waals surface area contributed by atoms with E-state index in [-0.39, 0.29) is 0 Å². The molecular formula is C56H35N3. The van der Waals surface area contributed by atoms with Gasteiger partial charge in [-0.15, -0.1) is 0 Å². The number of rotatable bonds is 5. The van der Waals surface area contributed by atoms with E-state index in [2.05, 4.69) is 211 Å². The van der Waals surface area contributed by atoms with Crippen molar-refractivity contribution >= 4 is 65.2 Å². The summed E-state index contributed by atoms with van der Waals surface area (Å²) in [6.07, 6.45) is 1.91. The standard InChI is InChI=1S/C56H35N3/c1-2-11-43-33-45(30-28-36(43)10-1)59-53-19-8-7-16-48(53)49-31-29-44(34-54(49)59)42-13-9-12-41(32-42)39-22-20-37(21-23-39)38-24-26-40(27-25-38)52-35-57-55-50-17-5-3-14-46(50)47-15-4-6-18-51(47)56(55)58-52/h1-35H. The summed E-state index contributed by atoms with van der Waals surface area (Å²) in [7, 11) is 0. The molecule has 274 valence electrons. The number of hydrogen-bond acceptors (Lipinski definition) is 2. The lowest BCUT2D eigenvalue weighted by Crippen LogP contribution is -1.94. The van der Waals surface area contributed by atoms with E-state index in [1.165, 1.54) is 76.9 Å². The lowest BCUT2D eigenvalue weighted by Gasteiger charge is -2.11. The fraction of sp³-hybridized carbons (Fsp3) is 0. The molecule has 0 N–H and O–H groups in total. The van der Waals surface area contributed by atoms with Crippen LogP contribution in [-0.2, 0) is 0 Å². The number of nitrogens with zero attached hydrogens (tertiary/aromatic N) is 3. The molecule has 12 rings (SSSR count). The predicted molar refractivity (Wildman–Crippen MR) is 248 cm³/mol. The highest BCUT2D eigenvalue weighted by atomic mass is 15.0. The summed E-state index contributed by atoms with van der Waals surface area (Å²) in [4.78, 5) is 10.2. The molecule has 0 amide bonds. The Morgan fingerprint density at radius 3 is 1.56 bits per heavy atom. The Hall–Kier alpha value is -7.88. The fourth-order valence-electron chi connectivity index (χ4n) is 9.07. The SMILES string of the molecule is c1cc(-c2ccc(-c3ccc(-c4cnc5c6ccccc6c6ccccc6c5n4)cc3)cc2)cc(-c2ccc3c4ccccc4n(-c4ccc5ccccc5c4)c3c2)c1. The molecule has 0 atom stereocenters. The minimum Gasteiger partial charge on any atom is -0.309 e. The molecule has 10 aromatic carbocycles. The zero-order chi connectivity index (χ0) is 38.9. The Morgan fingerprint density at radius 2 is 0.831 bits per heavy atom. The molecule has 0 bridgehead atoms. The first-order valence-electron chi connectivity index (χ1n) is 20.1. The first kappa shape index (κ1) is 33.3. The van der Waals surface area contributed by atoms with Crippen LogP contribution >= 0.6 is 0 Å². The van der Waals surface area contributed by atoms with E-state index >= 15 is 0 Å². The van der Waals surface area contributed by atoms with Gasteiger partial charge in [-0.3, -0.25) is 4.98 Å². The second-order valence-electron chi connectivity index (χ2n) is 15.4. The van der Waals surface area contributed by atoms with Crippen LogP contribution in [-0.4, -0.2) is 14.5 Å². The Balaban J connectivity index is 0.852. The molecule has 0 fully saturated rings. The van der Waals surface area contributed by atoms with Gasteiger partial charge in [0.25, 0.3) is 0 Å². The molecule has 2 aromatic heterocycles. The lowest BCUT2D eigenvalue weighted by atomic mass is 9.96. The first-order chi connectivity index (χ1) is 29.2. The van der Waals surface area contributed by atoms with Crippen molar-refractivity contribution in [1.82, 2.24) is 14.5 Å². The van der Waals surface area contributed by atoms with E-state index in [4.69, 9.17) is 9.97 Å². The van der Waals surface area contributed by atoms with E-state index in [0.29, 0.717) is 0 Å². The first-order valence-corrected chi connectivity index (χ1v) is 20.1. The van der Waals surface area contributed by atoms with Crippen LogP contribution in [0.5, 0.6) is 0 Å². The van der Waals surface area contributed by atoms with E-state index in [1.807, 2.05) is 6.20 Å². The van der Waals surface area contributed by atoms with Gasteiger partial charge in [0.15, 0.2) is 0 Å². The van der Waals surface area contributed by atoms with Gasteiger partial charge in [-0.05, 0) is 85.3 Å². The lowest BCUT2D eigenvalue weighted by molar-refractivity contribution is 1.19. The van der Waals surface area contributed by atoms with E-state index < -0.39 is 0 Å². The zero-order valence-corrected chi connectivity index (χ0v) is 32.0. The normalized spacial score (nSPS) is 11.7. The quantitative estimate of drug-likeness (QED) is 0.164. The zero-order valence-electron chi connectivity index (χ0n) is 32.0. The second-order valence-corrected chi connectivity index (χ2v) is 15.4. The van der Waals surface area contributed by atoms with Gasteiger partial charge in [0, 0.05) is 32.8 Å². The molecule has 0 saturated heterocycles. The maximum Gasteiger partial charge on any atom is 0.0979 e. The molecular weight excluding hydrogens is 715 g/mol. The highest BCUT2D eigenvalue weighted by Gasteiger charge is 2.15. The Labute approximate surface area is 341 Å². The third-order valence-corrected chi connectivity index (χ3v) is 12.0. The molecule has 0 aliphatic heterocycles. The van der Waals surface area contributed by atoms with Gasteiger partial charge in [0.2, 0.25) is 0 Å². The van der Waals surface area contributed by atoms with Crippen molar-refractivity contribution in [3.63, 3.8) is 0 Å². The number of aromatic nitrogens is 3. The molecule has 0 aliphatic rings. The monoisotopic (exact) mass is 749 g/mol. The maximum atomic E-state index is 5.19. The summed E-state index contributed by atoms with van der Waals surface area (Å²) in [6.45, 7) is 0. The van der Waals surface area contributed by atoms with Crippen molar-refractivity contribution in [3.8, 4) is 50.3 Å². The molecule has 0 spiro atoms. The van der Waals surface area contributed by atoms with Gasteiger partial charge in [0.05, 0.1) is 34.0 Å². The molecule has 12 aromatic rings. The molecule has 0 saturated carbocycles. The Kier molecular flexibility index (Phi) is 7.54. The highest BCUT2D eigenvalue weighted by molar-refractivity contribution is 6.23. The maximum absolute atomic E-state index is 5.19. The Bertz CT molecular complexity index is 3560. The minimum atomic E-state index is 0.869. The summed E-state index contributed by atoms with van der Waals surface area (Å²) in [5.74, 6) is 0. The molecule has 3 heteroatoms. The average Bonchev–Trinajstić information content (AvgIpc) is 3.65. The number of benzene rings is 10. The van der Waals surface area contributed by atoms with Crippen LogP contribution in [0.1, 0.15) is 0 Å². The molecule has 2 heterocycles. The molecule has 3 nitrogen and oxygen atoms in total. The van der Waals surface area contributed by atoms with Gasteiger partial charge in [-0.25, -0.2) is 4.98 Å². The number of hydrogen-bond donors (Lipinski definition) is 0. The van der Waals surface area contributed by atoms with Gasteiger partial charge >= 0.3 is 0 Å². The van der Waals surface area contributed by atoms with Gasteiger partial charge in [-0.2, -0.15) is 0 Å². The summed E-state index contributed by atoms with van der Waals surface area (Å²) in [5, 5.41) is 9.66. The second kappa shape index (κ2) is 13.4. The number of fused-ring (bicyclic) bond motifs is 10. The number of para-hydroxylation sites is 1. The van der Waals surface area contributed by atoms with Gasteiger partial charge < -0.3 is 4.57 Å². The van der Waals surface area contributed by atoms with Crippen LogP contribution in [0.15, 0.2) is 212 Å². The van der Waals surface area contributed by atoms with Gasteiger partial charge in [0.1, 0.15) is 0 Å². The van der Waals surface area contributed by atoms with Gasteiger partial charge in [-0.1, -0.05) is 176 Å². The van der Waals surface area contributed by atoms with Crippen molar-refractivity contribution in [2.24, 2.45) is 0 Å². The highest BCUT2D eigenvalue weighted by Crippen LogP contribution is 2.38. The van der Waals surface area contributed by atoms with Crippen molar-refractivity contribution in [2.45, 2.75) is 0 Å². The third-order valence-electron chi connectivity index (χ3n) is 12.0. The van der Waals surface area contributed by atoms with Crippen LogP contribution in [0.4, 0.5) is 0 Å². The predicted octanol–water partition coefficient (Wildman–Crippen LogP) is 14.9. The fourth-order valence-corrected chi connectivity index (χ4v) is 9.07. The summed E-state index contributed by atoms with van der Waals surface area (Å²) in [6, 6.07) is 74.4. The van der Waals surface area contributed by atoms with Crippen LogP contribution < -0.4 is 0 Å². The molecule has 59 heavy (non-hydrogen) atoms. The van der Waals surface area contributed by atoms with Crippen molar-refractivity contribution in [1.29, 1.82) is 0 Å². The minimum absolute atomic E-state index is 0.869.